The molecule has 0 unspecified atom stereocenters. The zero-order valence-corrected chi connectivity index (χ0v) is 12.0. The predicted octanol–water partition coefficient (Wildman–Crippen LogP) is 3.56. The van der Waals surface area contributed by atoms with E-state index in [1.807, 2.05) is 48.5 Å². The van der Waals surface area contributed by atoms with Gasteiger partial charge in [-0.05, 0) is 37.6 Å². The van der Waals surface area contributed by atoms with Crippen LogP contribution >= 0.6 is 0 Å². The number of nitrogens with zero attached hydrogens (tertiary/aromatic N) is 1. The maximum atomic E-state index is 6.02. The van der Waals surface area contributed by atoms with E-state index < -0.39 is 0 Å². The fraction of sp³-hybridized carbons (Fsp3) is 0.294. The number of nitrogen functional groups attached to an aromatic ring is 1. The van der Waals surface area contributed by atoms with Crippen molar-refractivity contribution in [1.29, 1.82) is 0 Å². The van der Waals surface area contributed by atoms with E-state index in [9.17, 15) is 0 Å². The van der Waals surface area contributed by atoms with Gasteiger partial charge in [-0.1, -0.05) is 30.3 Å². The van der Waals surface area contributed by atoms with Crippen molar-refractivity contribution in [3.63, 3.8) is 0 Å². The molecule has 106 valence electrons. The molecule has 0 aliphatic heterocycles. The fourth-order valence-corrected chi connectivity index (χ4v) is 2.19. The highest BCUT2D eigenvalue weighted by Crippen LogP contribution is 2.22. The maximum absolute atomic E-state index is 6.02. The summed E-state index contributed by atoms with van der Waals surface area (Å²) in [5.74, 6) is 0.926. The molecule has 2 aromatic carbocycles. The Balaban J connectivity index is 1.81. The molecule has 0 aromatic heterocycles. The molecule has 0 heterocycles. The molecule has 0 atom stereocenters. The standard InChI is InChI=1S/C17H22N2O/c1-2-19(17-12-7-6-11-16(17)18)13-8-14-20-15-9-4-3-5-10-15/h3-7,9-12H,2,8,13-14,18H2,1H3. The van der Waals surface area contributed by atoms with Crippen LogP contribution in [0.1, 0.15) is 13.3 Å². The van der Waals surface area contributed by atoms with Crippen molar-refractivity contribution in [2.24, 2.45) is 0 Å². The predicted molar refractivity (Wildman–Crippen MR) is 85.3 cm³/mol. The fourth-order valence-electron chi connectivity index (χ4n) is 2.19. The van der Waals surface area contributed by atoms with E-state index >= 15 is 0 Å². The molecule has 0 amide bonds. The summed E-state index contributed by atoms with van der Waals surface area (Å²) in [4.78, 5) is 2.28. The molecule has 0 aliphatic carbocycles. The Bertz CT molecular complexity index is 513. The van der Waals surface area contributed by atoms with Crippen LogP contribution in [0.4, 0.5) is 11.4 Å². The molecule has 20 heavy (non-hydrogen) atoms. The number of benzene rings is 2. The van der Waals surface area contributed by atoms with E-state index in [2.05, 4.69) is 17.9 Å². The van der Waals surface area contributed by atoms with Crippen molar-refractivity contribution in [1.82, 2.24) is 0 Å². The van der Waals surface area contributed by atoms with Crippen molar-refractivity contribution >= 4 is 11.4 Å². The highest BCUT2D eigenvalue weighted by Gasteiger charge is 2.06. The summed E-state index contributed by atoms with van der Waals surface area (Å²) in [6, 6.07) is 17.9. The van der Waals surface area contributed by atoms with Crippen LogP contribution in [-0.4, -0.2) is 19.7 Å². The Hall–Kier alpha value is -2.16. The first-order chi connectivity index (χ1) is 9.81. The number of para-hydroxylation sites is 3. The number of hydrogen-bond acceptors (Lipinski definition) is 3. The molecule has 0 fully saturated rings. The molecule has 3 heteroatoms. The number of anilines is 2. The molecule has 0 saturated carbocycles. The van der Waals surface area contributed by atoms with Gasteiger partial charge in [-0.25, -0.2) is 0 Å². The summed E-state index contributed by atoms with van der Waals surface area (Å²) in [6.45, 7) is 4.74. The molecule has 2 rings (SSSR count). The van der Waals surface area contributed by atoms with Gasteiger partial charge in [0.05, 0.1) is 18.0 Å². The third-order valence-corrected chi connectivity index (χ3v) is 3.24. The second kappa shape index (κ2) is 7.43. The highest BCUT2D eigenvalue weighted by atomic mass is 16.5. The lowest BCUT2D eigenvalue weighted by atomic mass is 10.2. The first kappa shape index (κ1) is 14.3. The van der Waals surface area contributed by atoms with Crippen LogP contribution in [0.5, 0.6) is 5.75 Å². The van der Waals surface area contributed by atoms with Gasteiger partial charge >= 0.3 is 0 Å². The molecular weight excluding hydrogens is 248 g/mol. The van der Waals surface area contributed by atoms with Crippen molar-refractivity contribution < 1.29 is 4.74 Å². The van der Waals surface area contributed by atoms with Gasteiger partial charge in [0.25, 0.3) is 0 Å². The third kappa shape index (κ3) is 3.92. The van der Waals surface area contributed by atoms with Crippen LogP contribution in [0.25, 0.3) is 0 Å². The Morgan fingerprint density at radius 3 is 2.40 bits per heavy atom. The average Bonchev–Trinajstić information content (AvgIpc) is 2.50. The largest absolute Gasteiger partial charge is 0.494 e. The molecule has 0 spiro atoms. The minimum absolute atomic E-state index is 0.716. The minimum Gasteiger partial charge on any atom is -0.494 e. The lowest BCUT2D eigenvalue weighted by Crippen LogP contribution is -2.26. The van der Waals surface area contributed by atoms with E-state index in [4.69, 9.17) is 10.5 Å². The lowest BCUT2D eigenvalue weighted by Gasteiger charge is -2.24. The number of rotatable bonds is 7. The van der Waals surface area contributed by atoms with E-state index in [1.165, 1.54) is 0 Å². The molecular formula is C17H22N2O. The quantitative estimate of drug-likeness (QED) is 0.617. The van der Waals surface area contributed by atoms with Crippen molar-refractivity contribution in [2.45, 2.75) is 13.3 Å². The minimum atomic E-state index is 0.716. The Morgan fingerprint density at radius 2 is 1.70 bits per heavy atom. The summed E-state index contributed by atoms with van der Waals surface area (Å²) in [6.07, 6.45) is 0.969. The smallest absolute Gasteiger partial charge is 0.119 e. The second-order valence-corrected chi connectivity index (χ2v) is 4.65. The number of nitrogens with two attached hydrogens (primary N) is 1. The second-order valence-electron chi connectivity index (χ2n) is 4.65. The van der Waals surface area contributed by atoms with Crippen molar-refractivity contribution in [2.75, 3.05) is 30.3 Å². The van der Waals surface area contributed by atoms with Crippen LogP contribution in [0.3, 0.4) is 0 Å². The van der Waals surface area contributed by atoms with Gasteiger partial charge in [0.15, 0.2) is 0 Å². The topological polar surface area (TPSA) is 38.5 Å². The van der Waals surface area contributed by atoms with E-state index in [0.29, 0.717) is 6.61 Å². The van der Waals surface area contributed by atoms with Crippen LogP contribution in [-0.2, 0) is 0 Å². The first-order valence-electron chi connectivity index (χ1n) is 7.08. The molecule has 0 saturated heterocycles. The van der Waals surface area contributed by atoms with Gasteiger partial charge in [-0.15, -0.1) is 0 Å². The first-order valence-corrected chi connectivity index (χ1v) is 7.08. The SMILES string of the molecule is CCN(CCCOc1ccccc1)c1ccccc1N. The maximum Gasteiger partial charge on any atom is 0.119 e. The number of ether oxygens (including phenoxy) is 1. The summed E-state index contributed by atoms with van der Waals surface area (Å²) in [5.41, 5.74) is 7.96. The Kier molecular flexibility index (Phi) is 5.30. The zero-order chi connectivity index (χ0) is 14.2. The van der Waals surface area contributed by atoms with Gasteiger partial charge in [0.2, 0.25) is 0 Å². The van der Waals surface area contributed by atoms with E-state index in [0.717, 1.165) is 36.6 Å². The summed E-state index contributed by atoms with van der Waals surface area (Å²) in [5, 5.41) is 0. The van der Waals surface area contributed by atoms with Gasteiger partial charge in [-0.3, -0.25) is 0 Å². The zero-order valence-electron chi connectivity index (χ0n) is 12.0. The van der Waals surface area contributed by atoms with Crippen molar-refractivity contribution in [3.8, 4) is 5.75 Å². The normalized spacial score (nSPS) is 10.2. The van der Waals surface area contributed by atoms with E-state index in [1.54, 1.807) is 0 Å². The molecule has 2 N–H and O–H groups in total. The Labute approximate surface area is 121 Å². The van der Waals surface area contributed by atoms with Gasteiger partial charge in [0.1, 0.15) is 5.75 Å². The number of hydrogen-bond donors (Lipinski definition) is 1. The molecule has 0 aliphatic rings. The molecule has 3 nitrogen and oxygen atoms in total. The Morgan fingerprint density at radius 1 is 1.00 bits per heavy atom. The van der Waals surface area contributed by atoms with Gasteiger partial charge in [-0.2, -0.15) is 0 Å². The van der Waals surface area contributed by atoms with Crippen molar-refractivity contribution in [3.05, 3.63) is 54.6 Å². The summed E-state index contributed by atoms with van der Waals surface area (Å²) in [7, 11) is 0. The average molecular weight is 270 g/mol. The monoisotopic (exact) mass is 270 g/mol. The van der Waals surface area contributed by atoms with Crippen LogP contribution in [0.2, 0.25) is 0 Å². The van der Waals surface area contributed by atoms with Crippen LogP contribution < -0.4 is 15.4 Å². The van der Waals surface area contributed by atoms with Gasteiger partial charge < -0.3 is 15.4 Å². The molecule has 0 bridgehead atoms. The van der Waals surface area contributed by atoms with E-state index in [-0.39, 0.29) is 0 Å². The van der Waals surface area contributed by atoms with Crippen LogP contribution in [0, 0.1) is 0 Å². The lowest BCUT2D eigenvalue weighted by molar-refractivity contribution is 0.312. The molecule has 0 radical (unpaired) electrons. The summed E-state index contributed by atoms with van der Waals surface area (Å²) < 4.78 is 5.71. The molecule has 2 aromatic rings. The van der Waals surface area contributed by atoms with Crippen LogP contribution in [0.15, 0.2) is 54.6 Å². The summed E-state index contributed by atoms with van der Waals surface area (Å²) >= 11 is 0. The highest BCUT2D eigenvalue weighted by molar-refractivity contribution is 5.67. The third-order valence-electron chi connectivity index (χ3n) is 3.24. The van der Waals surface area contributed by atoms with Gasteiger partial charge in [0, 0.05) is 13.1 Å².